The summed E-state index contributed by atoms with van der Waals surface area (Å²) in [5.41, 5.74) is 2.80. The van der Waals surface area contributed by atoms with Crippen LogP contribution in [0.1, 0.15) is 89.5 Å². The fourth-order valence-electron chi connectivity index (χ4n) is 6.14. The second-order valence-electron chi connectivity index (χ2n) is 14.6. The number of hydrogen-bond donors (Lipinski definition) is 2. The van der Waals surface area contributed by atoms with Crippen LogP contribution in [0.5, 0.6) is 28.7 Å². The summed E-state index contributed by atoms with van der Waals surface area (Å²) in [6, 6.07) is 23.9. The average molecular weight is 741 g/mol. The Hall–Kier alpha value is -3.47. The zero-order valence-corrected chi connectivity index (χ0v) is 31.7. The van der Waals surface area contributed by atoms with Crippen LogP contribution in [0, 0.1) is 0 Å². The van der Waals surface area contributed by atoms with Crippen molar-refractivity contribution in [2.45, 2.75) is 90.1 Å². The number of aromatic hydroxyl groups is 2. The van der Waals surface area contributed by atoms with E-state index in [9.17, 15) is 15.3 Å². The second kappa shape index (κ2) is 15.2. The van der Waals surface area contributed by atoms with E-state index in [1.807, 2.05) is 54.6 Å². The third-order valence-corrected chi connectivity index (χ3v) is 10.9. The Labute approximate surface area is 307 Å². The fourth-order valence-corrected chi connectivity index (χ4v) is 8.58. The van der Waals surface area contributed by atoms with Gasteiger partial charge in [-0.2, -0.15) is 0 Å². The number of rotatable bonds is 4. The Morgan fingerprint density at radius 1 is 0.694 bits per heavy atom. The minimum atomic E-state index is -0.213. The Morgan fingerprint density at radius 3 is 1.55 bits per heavy atom. The molecule has 0 radical (unpaired) electrons. The van der Waals surface area contributed by atoms with Gasteiger partial charge in [-0.25, -0.2) is 0 Å². The summed E-state index contributed by atoms with van der Waals surface area (Å²) in [6.07, 6.45) is 8.78. The zero-order valence-electron chi connectivity index (χ0n) is 28.9. The molecule has 1 saturated carbocycles. The van der Waals surface area contributed by atoms with Gasteiger partial charge in [0.2, 0.25) is 0 Å². The van der Waals surface area contributed by atoms with Gasteiger partial charge >= 0.3 is 227 Å². The largest absolute Gasteiger partial charge is 0.872 e. The first-order chi connectivity index (χ1) is 23.1. The molecule has 0 amide bonds. The van der Waals surface area contributed by atoms with E-state index in [1.165, 1.54) is 25.0 Å². The second-order valence-corrected chi connectivity index (χ2v) is 17.1. The third-order valence-electron chi connectivity index (χ3n) is 8.70. The molecule has 49 heavy (non-hydrogen) atoms. The van der Waals surface area contributed by atoms with Crippen LogP contribution in [0.3, 0.4) is 0 Å². The van der Waals surface area contributed by atoms with Gasteiger partial charge < -0.3 is 9.84 Å². The van der Waals surface area contributed by atoms with E-state index < -0.39 is 0 Å². The summed E-state index contributed by atoms with van der Waals surface area (Å²) in [4.78, 5) is 0. The van der Waals surface area contributed by atoms with Gasteiger partial charge in [-0.1, -0.05) is 30.3 Å². The predicted octanol–water partition coefficient (Wildman–Crippen LogP) is 9.35. The van der Waals surface area contributed by atoms with Crippen LogP contribution in [-0.2, 0) is 26.5 Å². The number of ether oxygens (including phenoxy) is 1. The molecular formula is C40H45Cl2CrN2O4+. The Kier molecular flexibility index (Phi) is 11.4. The smallest absolute Gasteiger partial charge is 0.127 e. The van der Waals surface area contributed by atoms with Crippen molar-refractivity contribution in [3.05, 3.63) is 111 Å². The van der Waals surface area contributed by atoms with Gasteiger partial charge in [0.1, 0.15) is 11.5 Å². The molecule has 1 aliphatic carbocycles. The zero-order chi connectivity index (χ0) is 35.5. The molecule has 0 spiro atoms. The van der Waals surface area contributed by atoms with E-state index in [0.29, 0.717) is 39.4 Å². The van der Waals surface area contributed by atoms with Crippen molar-refractivity contribution >= 4 is 35.6 Å². The molecule has 2 fully saturated rings. The van der Waals surface area contributed by atoms with E-state index in [2.05, 4.69) is 61.1 Å². The minimum Gasteiger partial charge on any atom is -0.872 e. The molecule has 2 unspecified atom stereocenters. The van der Waals surface area contributed by atoms with E-state index in [-0.39, 0.29) is 32.2 Å². The minimum absolute atomic E-state index is 0.00888. The summed E-state index contributed by atoms with van der Waals surface area (Å²) in [6.45, 7) is 12.5. The van der Waals surface area contributed by atoms with Gasteiger partial charge in [-0.3, -0.25) is 0 Å². The molecule has 9 heteroatoms. The van der Waals surface area contributed by atoms with Crippen LogP contribution in [0.15, 0.2) is 78.9 Å². The van der Waals surface area contributed by atoms with Crippen molar-refractivity contribution in [3.63, 3.8) is 0 Å². The van der Waals surface area contributed by atoms with Crippen molar-refractivity contribution in [3.8, 4) is 28.7 Å². The summed E-state index contributed by atoms with van der Waals surface area (Å²) < 4.78 is 10.3. The first-order valence-electron chi connectivity index (χ1n) is 16.6. The van der Waals surface area contributed by atoms with Crippen molar-refractivity contribution in [2.24, 2.45) is 0 Å². The fraction of sp³-hybridized carbons (Fsp3) is 0.350. The SMILES string of the molecule is CC(C)(C)c1cc(Cl)cc(C=[N+]2[Cr][N+](=Cc3cc(Cl)cc(C(C)(C)C)c3O)C3CCCCC32)c1O.[O-]c1ccc(Oc2ccccc2)cc1. The maximum Gasteiger partial charge on any atom is 0.127 e. The van der Waals surface area contributed by atoms with E-state index in [4.69, 9.17) is 27.9 Å². The number of para-hydroxylation sites is 1. The maximum atomic E-state index is 11.1. The molecule has 0 aromatic heterocycles. The summed E-state index contributed by atoms with van der Waals surface area (Å²) >= 11 is 12.9. The number of nitrogens with zero attached hydrogens (tertiary/aromatic N) is 2. The van der Waals surface area contributed by atoms with Crippen LogP contribution < -0.4 is 9.84 Å². The number of benzene rings is 4. The first-order valence-corrected chi connectivity index (χ1v) is 18.5. The van der Waals surface area contributed by atoms with E-state index in [1.54, 1.807) is 12.1 Å². The van der Waals surface area contributed by atoms with Crippen molar-refractivity contribution in [1.29, 1.82) is 0 Å². The predicted molar refractivity (Wildman–Crippen MR) is 193 cm³/mol. The van der Waals surface area contributed by atoms with Crippen LogP contribution >= 0.6 is 23.2 Å². The van der Waals surface area contributed by atoms with E-state index in [0.717, 1.165) is 40.8 Å². The van der Waals surface area contributed by atoms with Crippen molar-refractivity contribution < 1.29 is 42.8 Å². The molecule has 4 aromatic carbocycles. The van der Waals surface area contributed by atoms with Gasteiger partial charge in [0.05, 0.1) is 0 Å². The topological polar surface area (TPSA) is 78.8 Å². The normalized spacial score (nSPS) is 19.3. The van der Waals surface area contributed by atoms with Crippen molar-refractivity contribution in [2.75, 3.05) is 0 Å². The van der Waals surface area contributed by atoms with Gasteiger partial charge in [0.25, 0.3) is 0 Å². The third kappa shape index (κ3) is 9.21. The molecule has 258 valence electrons. The van der Waals surface area contributed by atoms with Gasteiger partial charge in [0, 0.05) is 0 Å². The summed E-state index contributed by atoms with van der Waals surface area (Å²) in [5.74, 6) is 2.04. The molecule has 1 aliphatic heterocycles. The molecule has 6 rings (SSSR count). The summed E-state index contributed by atoms with van der Waals surface area (Å²) in [5, 5.41) is 34.3. The number of phenolic OH excluding ortho intramolecular Hbond substituents is 2. The molecule has 0 bridgehead atoms. The number of halogens is 2. The van der Waals surface area contributed by atoms with Crippen LogP contribution in [0.4, 0.5) is 0 Å². The van der Waals surface area contributed by atoms with Crippen LogP contribution in [0.2, 0.25) is 10.0 Å². The molecular weight excluding hydrogens is 695 g/mol. The molecule has 6 nitrogen and oxygen atoms in total. The first kappa shape index (κ1) is 36.8. The van der Waals surface area contributed by atoms with Gasteiger partial charge in [-0.15, -0.1) is 5.75 Å². The summed E-state index contributed by atoms with van der Waals surface area (Å²) in [7, 11) is 0. The molecule has 1 saturated heterocycles. The van der Waals surface area contributed by atoms with E-state index >= 15 is 0 Å². The molecule has 2 aliphatic rings. The monoisotopic (exact) mass is 739 g/mol. The molecule has 4 aromatic rings. The number of phenols is 2. The molecule has 2 N–H and O–H groups in total. The molecule has 1 heterocycles. The molecule has 2 atom stereocenters. The standard InChI is InChI=1S/C28H36Cl2N2O2.C12H10O2.Cr/c1-27(2,3)21-13-19(29)11-17(25(21)33)15-31-23-9-7-8-10-24(23)32-16-18-12-20(30)14-22(26(18)34)28(4,5)6;13-10-6-8-12(9-7-10)14-11-4-2-1-3-5-11;/h11-16,23-24,33-34H,7-10H2,1-6H3;1-9,13H;/q;;+2/p-1. The Bertz CT molecular complexity index is 1750. The van der Waals surface area contributed by atoms with Crippen molar-refractivity contribution in [1.82, 2.24) is 0 Å². The van der Waals surface area contributed by atoms with Gasteiger partial charge in [-0.05, 0) is 24.3 Å². The Balaban J connectivity index is 0.000000278. The van der Waals surface area contributed by atoms with Crippen LogP contribution in [0.25, 0.3) is 0 Å². The maximum absolute atomic E-state index is 11.1. The van der Waals surface area contributed by atoms with Crippen LogP contribution in [-0.4, -0.2) is 41.8 Å². The quantitative estimate of drug-likeness (QED) is 0.219. The Morgan fingerprint density at radius 2 is 1.12 bits per heavy atom. The van der Waals surface area contributed by atoms with Gasteiger partial charge in [0.15, 0.2) is 0 Å². The average Bonchev–Trinajstić information content (AvgIpc) is 3.38. The number of hydrogen-bond acceptors (Lipinski definition) is 4. The number of fused-ring (bicyclic) bond motifs is 1.